The van der Waals surface area contributed by atoms with Gasteiger partial charge in [0, 0.05) is 12.8 Å². The van der Waals surface area contributed by atoms with Crippen LogP contribution < -0.4 is 0 Å². The summed E-state index contributed by atoms with van der Waals surface area (Å²) in [6, 6.07) is 0. The molecular weight excluding hydrogens is 464 g/mol. The van der Waals surface area contributed by atoms with Crippen LogP contribution in [-0.4, -0.2) is 58.5 Å². The molecule has 0 aliphatic heterocycles. The van der Waals surface area contributed by atoms with E-state index in [1.54, 1.807) is 6.92 Å². The molecule has 0 saturated carbocycles. The molecule has 0 heterocycles. The Morgan fingerprint density at radius 1 is 0.581 bits per heavy atom. The molecule has 0 bridgehead atoms. The number of unbranched alkanes of at least 4 members (excludes halogenated alkanes) is 3. The lowest BCUT2D eigenvalue weighted by atomic mass is 9.88. The highest BCUT2D eigenvalue weighted by atomic mass is 19.4. The largest absolute Gasteiger partial charge is 0.394 e. The normalized spacial score (nSPS) is 16.0. The van der Waals surface area contributed by atoms with Crippen molar-refractivity contribution in [1.82, 2.24) is 0 Å². The van der Waals surface area contributed by atoms with E-state index < -0.39 is 80.4 Å². The predicted molar refractivity (Wildman–Crippen MR) is 85.4 cm³/mol. The number of aliphatic hydroxyl groups is 2. The van der Waals surface area contributed by atoms with Gasteiger partial charge in [0.15, 0.2) is 0 Å². The second-order valence-electron chi connectivity index (χ2n) is 7.25. The minimum absolute atomic E-state index is 0.169. The average Bonchev–Trinajstić information content (AvgIpc) is 2.64. The van der Waals surface area contributed by atoms with Gasteiger partial charge in [-0.05, 0) is 19.3 Å². The zero-order chi connectivity index (χ0) is 24.9. The maximum Gasteiger partial charge on any atom is 0.384 e. The summed E-state index contributed by atoms with van der Waals surface area (Å²) in [7, 11) is 0. The third-order valence-electron chi connectivity index (χ3n) is 4.68. The zero-order valence-corrected chi connectivity index (χ0v) is 16.4. The Bertz CT molecular complexity index is 551. The van der Waals surface area contributed by atoms with Crippen molar-refractivity contribution in [2.45, 2.75) is 99.9 Å². The Balaban J connectivity index is 5.79. The van der Waals surface area contributed by atoms with Crippen LogP contribution in [0.1, 0.15) is 58.3 Å². The smallest absolute Gasteiger partial charge is 0.384 e. The van der Waals surface area contributed by atoms with Crippen LogP contribution in [0.2, 0.25) is 0 Å². The standard InChI is InChI=1S/C17H24F12O2/c1-2-3-4-5-8-12(18,19)14(22,23)16(26,27)17(28,29)15(24,25)13(20,21)9-6-7-11(31)10-30/h11,30-31H,2-10H2,1H3. The summed E-state index contributed by atoms with van der Waals surface area (Å²) in [6.45, 7) is 0.560. The fourth-order valence-electron chi connectivity index (χ4n) is 2.59. The Morgan fingerprint density at radius 2 is 0.968 bits per heavy atom. The zero-order valence-electron chi connectivity index (χ0n) is 16.4. The highest BCUT2D eigenvalue weighted by Gasteiger charge is 2.89. The van der Waals surface area contributed by atoms with Gasteiger partial charge in [-0.1, -0.05) is 26.2 Å². The van der Waals surface area contributed by atoms with Gasteiger partial charge < -0.3 is 10.2 Å². The van der Waals surface area contributed by atoms with E-state index in [-0.39, 0.29) is 12.8 Å². The molecule has 1 unspecified atom stereocenters. The van der Waals surface area contributed by atoms with Gasteiger partial charge >= 0.3 is 35.5 Å². The van der Waals surface area contributed by atoms with Crippen LogP contribution in [-0.2, 0) is 0 Å². The molecule has 31 heavy (non-hydrogen) atoms. The van der Waals surface area contributed by atoms with Crippen LogP contribution in [0.25, 0.3) is 0 Å². The first kappa shape index (κ1) is 30.1. The fourth-order valence-corrected chi connectivity index (χ4v) is 2.59. The van der Waals surface area contributed by atoms with Crippen LogP contribution in [0.5, 0.6) is 0 Å². The lowest BCUT2D eigenvalue weighted by Crippen LogP contribution is -2.70. The van der Waals surface area contributed by atoms with Crippen LogP contribution in [0.3, 0.4) is 0 Å². The summed E-state index contributed by atoms with van der Waals surface area (Å²) in [4.78, 5) is 0. The van der Waals surface area contributed by atoms with E-state index in [0.29, 0.717) is 6.42 Å². The van der Waals surface area contributed by atoms with Crippen molar-refractivity contribution in [1.29, 1.82) is 0 Å². The summed E-state index contributed by atoms with van der Waals surface area (Å²) < 4.78 is 164. The van der Waals surface area contributed by atoms with Crippen LogP contribution in [0.4, 0.5) is 52.7 Å². The molecular formula is C17H24F12O2. The molecule has 0 amide bonds. The first-order chi connectivity index (χ1) is 13.8. The van der Waals surface area contributed by atoms with Crippen molar-refractivity contribution < 1.29 is 62.9 Å². The van der Waals surface area contributed by atoms with Gasteiger partial charge in [0.05, 0.1) is 12.7 Å². The molecule has 1 atom stereocenters. The molecule has 0 aromatic rings. The molecule has 2 nitrogen and oxygen atoms in total. The number of alkyl halides is 12. The molecule has 0 aliphatic rings. The van der Waals surface area contributed by atoms with Crippen LogP contribution >= 0.6 is 0 Å². The van der Waals surface area contributed by atoms with Crippen molar-refractivity contribution >= 4 is 0 Å². The first-order valence-electron chi connectivity index (χ1n) is 9.32. The Kier molecular flexibility index (Phi) is 10.0. The van der Waals surface area contributed by atoms with E-state index in [4.69, 9.17) is 10.2 Å². The lowest BCUT2D eigenvalue weighted by Gasteiger charge is -2.41. The van der Waals surface area contributed by atoms with E-state index in [1.165, 1.54) is 0 Å². The monoisotopic (exact) mass is 488 g/mol. The molecule has 0 radical (unpaired) electrons. The summed E-state index contributed by atoms with van der Waals surface area (Å²) in [5, 5.41) is 17.4. The van der Waals surface area contributed by atoms with Crippen LogP contribution in [0.15, 0.2) is 0 Å². The molecule has 0 spiro atoms. The van der Waals surface area contributed by atoms with Gasteiger partial charge in [-0.3, -0.25) is 0 Å². The summed E-state index contributed by atoms with van der Waals surface area (Å²) in [6.07, 6.45) is -8.45. The fraction of sp³-hybridized carbons (Fsp3) is 1.00. The van der Waals surface area contributed by atoms with E-state index in [0.717, 1.165) is 0 Å². The summed E-state index contributed by atoms with van der Waals surface area (Å²) in [5.74, 6) is -41.2. The van der Waals surface area contributed by atoms with Crippen molar-refractivity contribution in [3.05, 3.63) is 0 Å². The van der Waals surface area contributed by atoms with E-state index in [9.17, 15) is 52.7 Å². The third kappa shape index (κ3) is 5.91. The van der Waals surface area contributed by atoms with Crippen molar-refractivity contribution in [2.24, 2.45) is 0 Å². The van der Waals surface area contributed by atoms with Gasteiger partial charge in [0.25, 0.3) is 0 Å². The number of hydrogen-bond donors (Lipinski definition) is 2. The Morgan fingerprint density at radius 3 is 1.32 bits per heavy atom. The minimum atomic E-state index is -7.56. The van der Waals surface area contributed by atoms with Gasteiger partial charge in [-0.25, -0.2) is 0 Å². The summed E-state index contributed by atoms with van der Waals surface area (Å²) >= 11 is 0. The second kappa shape index (κ2) is 10.3. The molecule has 0 aromatic heterocycles. The predicted octanol–water partition coefficient (Wildman–Crippen LogP) is 6.29. The van der Waals surface area contributed by atoms with Gasteiger partial charge in [-0.2, -0.15) is 52.7 Å². The Labute approximate surface area is 170 Å². The molecule has 0 aliphatic carbocycles. The van der Waals surface area contributed by atoms with Gasteiger partial charge in [0.1, 0.15) is 0 Å². The number of hydrogen-bond acceptors (Lipinski definition) is 2. The van der Waals surface area contributed by atoms with Crippen molar-refractivity contribution in [3.8, 4) is 0 Å². The maximum atomic E-state index is 13.7. The average molecular weight is 488 g/mol. The highest BCUT2D eigenvalue weighted by Crippen LogP contribution is 2.61. The van der Waals surface area contributed by atoms with Crippen molar-refractivity contribution in [2.75, 3.05) is 6.61 Å². The van der Waals surface area contributed by atoms with E-state index in [2.05, 4.69) is 0 Å². The quantitative estimate of drug-likeness (QED) is 0.210. The molecule has 0 aromatic carbocycles. The maximum absolute atomic E-state index is 13.7. The first-order valence-corrected chi connectivity index (χ1v) is 9.32. The number of aliphatic hydroxyl groups excluding tert-OH is 2. The SMILES string of the molecule is CCCCCCC(F)(F)C(F)(F)C(F)(F)C(F)(F)C(F)(F)C(F)(F)CCCC(O)CO. The topological polar surface area (TPSA) is 40.5 Å². The van der Waals surface area contributed by atoms with E-state index in [1.807, 2.05) is 0 Å². The number of halogens is 12. The highest BCUT2D eigenvalue weighted by molar-refractivity contribution is 5.11. The minimum Gasteiger partial charge on any atom is -0.394 e. The third-order valence-corrected chi connectivity index (χ3v) is 4.68. The molecule has 0 rings (SSSR count). The van der Waals surface area contributed by atoms with Crippen molar-refractivity contribution in [3.63, 3.8) is 0 Å². The molecule has 2 N–H and O–H groups in total. The summed E-state index contributed by atoms with van der Waals surface area (Å²) in [5.41, 5.74) is 0. The molecule has 188 valence electrons. The molecule has 14 heteroatoms. The molecule has 0 saturated heterocycles. The van der Waals surface area contributed by atoms with Crippen LogP contribution in [0, 0.1) is 0 Å². The Hall–Kier alpha value is -0.920. The lowest BCUT2D eigenvalue weighted by molar-refractivity contribution is -0.425. The van der Waals surface area contributed by atoms with Gasteiger partial charge in [-0.15, -0.1) is 0 Å². The van der Waals surface area contributed by atoms with E-state index >= 15 is 0 Å². The number of rotatable bonds is 15. The second-order valence-corrected chi connectivity index (χ2v) is 7.25. The molecule has 0 fully saturated rings. The van der Waals surface area contributed by atoms with Gasteiger partial charge in [0.2, 0.25) is 0 Å².